The lowest BCUT2D eigenvalue weighted by Crippen LogP contribution is -2.18. The fourth-order valence-corrected chi connectivity index (χ4v) is 2.14. The van der Waals surface area contributed by atoms with Crippen molar-refractivity contribution in [2.24, 2.45) is 0 Å². The van der Waals surface area contributed by atoms with Crippen molar-refractivity contribution in [3.63, 3.8) is 0 Å². The lowest BCUT2D eigenvalue weighted by molar-refractivity contribution is 0.0473. The Hall–Kier alpha value is -0.710. The van der Waals surface area contributed by atoms with Crippen LogP contribution in [0.15, 0.2) is 29.2 Å². The first-order chi connectivity index (χ1) is 8.24. The number of hydrogen-bond acceptors (Lipinski definition) is 4. The van der Waals surface area contributed by atoms with Crippen molar-refractivity contribution in [3.05, 3.63) is 24.3 Å². The maximum absolute atomic E-state index is 9.67. The Morgan fingerprint density at radius 2 is 2.12 bits per heavy atom. The molecule has 0 aliphatic carbocycles. The number of phenols is 1. The zero-order valence-corrected chi connectivity index (χ0v) is 10.9. The summed E-state index contributed by atoms with van der Waals surface area (Å²) in [6.45, 7) is 3.17. The minimum absolute atomic E-state index is 0.261. The molecule has 1 unspecified atom stereocenters. The Morgan fingerprint density at radius 3 is 2.82 bits per heavy atom. The number of aromatic hydroxyl groups is 1. The normalized spacial score (nSPS) is 12.6. The van der Waals surface area contributed by atoms with Crippen LogP contribution in [0.5, 0.6) is 5.75 Å². The van der Waals surface area contributed by atoms with Gasteiger partial charge < -0.3 is 14.9 Å². The Bertz CT molecular complexity index is 317. The lowest BCUT2D eigenvalue weighted by atomic mass is 10.3. The standard InChI is InChI=1S/C13H20O3S/c1-2-3-8-16-9-11(14)10-17-13-7-5-4-6-12(13)15/h4-7,11,14-15H,2-3,8-10H2,1H3. The summed E-state index contributed by atoms with van der Waals surface area (Å²) < 4.78 is 5.33. The number of benzene rings is 1. The van der Waals surface area contributed by atoms with Crippen LogP contribution >= 0.6 is 11.8 Å². The van der Waals surface area contributed by atoms with Gasteiger partial charge in [-0.1, -0.05) is 25.5 Å². The van der Waals surface area contributed by atoms with E-state index in [2.05, 4.69) is 6.92 Å². The van der Waals surface area contributed by atoms with E-state index in [4.69, 9.17) is 4.74 Å². The maximum Gasteiger partial charge on any atom is 0.129 e. The van der Waals surface area contributed by atoms with Gasteiger partial charge in [0.05, 0.1) is 12.7 Å². The molecular weight excluding hydrogens is 236 g/mol. The molecule has 0 fully saturated rings. The second kappa shape index (κ2) is 8.39. The number of ether oxygens (including phenoxy) is 1. The van der Waals surface area contributed by atoms with Gasteiger partial charge in [-0.05, 0) is 18.6 Å². The Labute approximate surface area is 107 Å². The Balaban J connectivity index is 2.19. The quantitative estimate of drug-likeness (QED) is 0.554. The molecule has 0 saturated carbocycles. The first-order valence-corrected chi connectivity index (χ1v) is 6.89. The van der Waals surface area contributed by atoms with Crippen molar-refractivity contribution in [2.75, 3.05) is 19.0 Å². The molecule has 0 saturated heterocycles. The molecule has 0 radical (unpaired) electrons. The third-order valence-electron chi connectivity index (χ3n) is 2.25. The summed E-state index contributed by atoms with van der Waals surface area (Å²) in [5.41, 5.74) is 0. The lowest BCUT2D eigenvalue weighted by Gasteiger charge is -2.11. The van der Waals surface area contributed by atoms with Gasteiger partial charge in [0, 0.05) is 17.3 Å². The average molecular weight is 256 g/mol. The summed E-state index contributed by atoms with van der Waals surface area (Å²) in [5, 5.41) is 19.2. The molecule has 0 amide bonds. The number of aliphatic hydroxyl groups is 1. The van der Waals surface area contributed by atoms with E-state index in [1.807, 2.05) is 12.1 Å². The van der Waals surface area contributed by atoms with Crippen LogP contribution in [-0.2, 0) is 4.74 Å². The molecule has 0 aliphatic rings. The van der Waals surface area contributed by atoms with E-state index in [-0.39, 0.29) is 5.75 Å². The number of unbranched alkanes of at least 4 members (excludes halogenated alkanes) is 1. The number of rotatable bonds is 8. The number of phenolic OH excluding ortho intramolecular Hbond substituents is 1. The van der Waals surface area contributed by atoms with Crippen LogP contribution in [0.2, 0.25) is 0 Å². The summed E-state index contributed by atoms with van der Waals surface area (Å²) in [5.74, 6) is 0.792. The third kappa shape index (κ3) is 5.96. The van der Waals surface area contributed by atoms with Gasteiger partial charge in [-0.25, -0.2) is 0 Å². The molecule has 17 heavy (non-hydrogen) atoms. The molecule has 1 aromatic carbocycles. The summed E-state index contributed by atoms with van der Waals surface area (Å²) in [6, 6.07) is 7.13. The van der Waals surface area contributed by atoms with Crippen molar-refractivity contribution in [3.8, 4) is 5.75 Å². The fraction of sp³-hybridized carbons (Fsp3) is 0.538. The molecule has 2 N–H and O–H groups in total. The van der Waals surface area contributed by atoms with E-state index >= 15 is 0 Å². The van der Waals surface area contributed by atoms with Crippen molar-refractivity contribution in [1.82, 2.24) is 0 Å². The minimum atomic E-state index is -0.489. The maximum atomic E-state index is 9.67. The summed E-state index contributed by atoms with van der Waals surface area (Å²) in [4.78, 5) is 0.792. The molecule has 1 aromatic rings. The second-order valence-corrected chi connectivity index (χ2v) is 4.92. The van der Waals surface area contributed by atoms with Crippen molar-refractivity contribution >= 4 is 11.8 Å². The van der Waals surface area contributed by atoms with Crippen LogP contribution in [0, 0.1) is 0 Å². The van der Waals surface area contributed by atoms with Gasteiger partial charge in [0.1, 0.15) is 5.75 Å². The van der Waals surface area contributed by atoms with Gasteiger partial charge >= 0.3 is 0 Å². The third-order valence-corrected chi connectivity index (χ3v) is 3.46. The molecule has 0 spiro atoms. The fourth-order valence-electron chi connectivity index (χ4n) is 1.28. The molecular formula is C13H20O3S. The average Bonchev–Trinajstić information content (AvgIpc) is 2.34. The van der Waals surface area contributed by atoms with Gasteiger partial charge in [-0.3, -0.25) is 0 Å². The van der Waals surface area contributed by atoms with Crippen LogP contribution in [0.1, 0.15) is 19.8 Å². The summed E-state index contributed by atoms with van der Waals surface area (Å²) in [6.07, 6.45) is 1.64. The zero-order chi connectivity index (χ0) is 12.5. The molecule has 0 aromatic heterocycles. The zero-order valence-electron chi connectivity index (χ0n) is 10.1. The molecule has 3 nitrogen and oxygen atoms in total. The molecule has 0 bridgehead atoms. The largest absolute Gasteiger partial charge is 0.507 e. The summed E-state index contributed by atoms with van der Waals surface area (Å²) >= 11 is 1.44. The summed E-state index contributed by atoms with van der Waals surface area (Å²) in [7, 11) is 0. The van der Waals surface area contributed by atoms with E-state index in [1.165, 1.54) is 11.8 Å². The first-order valence-electron chi connectivity index (χ1n) is 5.90. The Morgan fingerprint density at radius 1 is 1.35 bits per heavy atom. The molecule has 1 atom stereocenters. The van der Waals surface area contributed by atoms with E-state index in [0.717, 1.165) is 17.7 Å². The smallest absolute Gasteiger partial charge is 0.129 e. The number of thioether (sulfide) groups is 1. The Kier molecular flexibility index (Phi) is 7.08. The molecule has 96 valence electrons. The highest BCUT2D eigenvalue weighted by Gasteiger charge is 2.07. The molecule has 0 aliphatic heterocycles. The van der Waals surface area contributed by atoms with Crippen LogP contribution in [0.25, 0.3) is 0 Å². The molecule has 0 heterocycles. The van der Waals surface area contributed by atoms with Crippen LogP contribution in [-0.4, -0.2) is 35.3 Å². The van der Waals surface area contributed by atoms with E-state index in [1.54, 1.807) is 12.1 Å². The second-order valence-electron chi connectivity index (χ2n) is 3.86. The van der Waals surface area contributed by atoms with Crippen molar-refractivity contribution in [2.45, 2.75) is 30.8 Å². The highest BCUT2D eigenvalue weighted by atomic mass is 32.2. The van der Waals surface area contributed by atoms with Crippen LogP contribution in [0.4, 0.5) is 0 Å². The number of para-hydroxylation sites is 1. The topological polar surface area (TPSA) is 49.7 Å². The van der Waals surface area contributed by atoms with Gasteiger partial charge in [-0.2, -0.15) is 0 Å². The highest BCUT2D eigenvalue weighted by molar-refractivity contribution is 7.99. The van der Waals surface area contributed by atoms with Gasteiger partial charge in [-0.15, -0.1) is 11.8 Å². The van der Waals surface area contributed by atoms with Crippen molar-refractivity contribution in [1.29, 1.82) is 0 Å². The predicted molar refractivity (Wildman–Crippen MR) is 70.6 cm³/mol. The van der Waals surface area contributed by atoms with E-state index < -0.39 is 6.10 Å². The van der Waals surface area contributed by atoms with Gasteiger partial charge in [0.25, 0.3) is 0 Å². The molecule has 1 rings (SSSR count). The van der Waals surface area contributed by atoms with Gasteiger partial charge in [0.2, 0.25) is 0 Å². The molecule has 4 heteroatoms. The monoisotopic (exact) mass is 256 g/mol. The predicted octanol–water partition coefficient (Wildman–Crippen LogP) is 2.66. The van der Waals surface area contributed by atoms with E-state index in [0.29, 0.717) is 19.0 Å². The van der Waals surface area contributed by atoms with Crippen molar-refractivity contribution < 1.29 is 14.9 Å². The van der Waals surface area contributed by atoms with Gasteiger partial charge in [0.15, 0.2) is 0 Å². The van der Waals surface area contributed by atoms with Crippen LogP contribution in [0.3, 0.4) is 0 Å². The van der Waals surface area contributed by atoms with E-state index in [9.17, 15) is 10.2 Å². The van der Waals surface area contributed by atoms with Crippen LogP contribution < -0.4 is 0 Å². The minimum Gasteiger partial charge on any atom is -0.507 e. The first kappa shape index (κ1) is 14.4. The number of aliphatic hydroxyl groups excluding tert-OH is 1. The SMILES string of the molecule is CCCCOCC(O)CSc1ccccc1O. The number of hydrogen-bond donors (Lipinski definition) is 2. The highest BCUT2D eigenvalue weighted by Crippen LogP contribution is 2.27.